The molecule has 1 aliphatic heterocycles. The summed E-state index contributed by atoms with van der Waals surface area (Å²) in [6.07, 6.45) is 2.39. The van der Waals surface area contributed by atoms with Gasteiger partial charge in [-0.1, -0.05) is 44.0 Å². The molecule has 144 valence electrons. The fraction of sp³-hybridized carbons (Fsp3) is 0.300. The molecule has 0 radical (unpaired) electrons. The Labute approximate surface area is 180 Å². The Morgan fingerprint density at radius 3 is 2.71 bits per heavy atom. The molecule has 4 rings (SSSR count). The van der Waals surface area contributed by atoms with E-state index in [4.69, 9.17) is 10.7 Å². The van der Waals surface area contributed by atoms with Crippen LogP contribution in [0.4, 0.5) is 11.5 Å². The first-order chi connectivity index (χ1) is 13.5. The summed E-state index contributed by atoms with van der Waals surface area (Å²) in [5.74, 6) is 1.61. The lowest BCUT2D eigenvalue weighted by Gasteiger charge is -2.27. The molecule has 6 nitrogen and oxygen atoms in total. The first kappa shape index (κ1) is 19.3. The van der Waals surface area contributed by atoms with Crippen molar-refractivity contribution in [3.05, 3.63) is 45.3 Å². The van der Waals surface area contributed by atoms with E-state index in [0.29, 0.717) is 17.6 Å². The topological polar surface area (TPSA) is 79.8 Å². The van der Waals surface area contributed by atoms with Gasteiger partial charge in [-0.3, -0.25) is 5.01 Å². The van der Waals surface area contributed by atoms with Crippen molar-refractivity contribution < 1.29 is 0 Å². The lowest BCUT2D eigenvalue weighted by atomic mass is 10.0. The highest BCUT2D eigenvalue weighted by Gasteiger charge is 2.16. The maximum Gasteiger partial charge on any atom is 0.164 e. The Balaban J connectivity index is 1.74. The van der Waals surface area contributed by atoms with Crippen molar-refractivity contribution >= 4 is 54.3 Å². The van der Waals surface area contributed by atoms with Gasteiger partial charge in [0.2, 0.25) is 0 Å². The van der Waals surface area contributed by atoms with Crippen LogP contribution in [0.3, 0.4) is 0 Å². The van der Waals surface area contributed by atoms with E-state index in [1.807, 2.05) is 41.4 Å². The third kappa shape index (κ3) is 4.17. The average molecular weight is 504 g/mol. The number of hydrogen-bond donors (Lipinski definition) is 1. The number of halogens is 2. The van der Waals surface area contributed by atoms with Crippen molar-refractivity contribution in [3.63, 3.8) is 0 Å². The Kier molecular flexibility index (Phi) is 5.59. The molecular formula is C20H20Br2N6. The van der Waals surface area contributed by atoms with E-state index in [1.165, 1.54) is 6.42 Å². The van der Waals surface area contributed by atoms with E-state index in [-0.39, 0.29) is 0 Å². The predicted octanol–water partition coefficient (Wildman–Crippen LogP) is 6.13. The normalized spacial score (nSPS) is 17.5. The third-order valence-corrected chi connectivity index (χ3v) is 5.79. The van der Waals surface area contributed by atoms with Gasteiger partial charge in [-0.05, 0) is 55.2 Å². The van der Waals surface area contributed by atoms with E-state index >= 15 is 0 Å². The summed E-state index contributed by atoms with van der Waals surface area (Å²) >= 11 is 7.00. The standard InChI is InChI=1S/C20H20Br2N6/c1-12-3-2-8-28(11-12)27-26-18-7-5-14(22)10-16(18)20-24-17-6-4-13(21)9-15(17)19(23)25-20/h4-7,9-10,12H,2-3,8,11H2,1H3,(H2,23,24,25). The van der Waals surface area contributed by atoms with Gasteiger partial charge in [0.15, 0.2) is 5.82 Å². The van der Waals surface area contributed by atoms with Crippen LogP contribution >= 0.6 is 31.9 Å². The lowest BCUT2D eigenvalue weighted by molar-refractivity contribution is 0.179. The van der Waals surface area contributed by atoms with E-state index in [9.17, 15) is 0 Å². The third-order valence-electron chi connectivity index (χ3n) is 4.80. The summed E-state index contributed by atoms with van der Waals surface area (Å²) in [6.45, 7) is 4.12. The van der Waals surface area contributed by atoms with E-state index in [0.717, 1.165) is 50.6 Å². The van der Waals surface area contributed by atoms with Crippen molar-refractivity contribution in [1.29, 1.82) is 0 Å². The summed E-state index contributed by atoms with van der Waals surface area (Å²) in [6, 6.07) is 11.6. The fourth-order valence-electron chi connectivity index (χ4n) is 3.38. The van der Waals surface area contributed by atoms with Gasteiger partial charge in [0.25, 0.3) is 0 Å². The monoisotopic (exact) mass is 502 g/mol. The Morgan fingerprint density at radius 2 is 1.89 bits per heavy atom. The molecule has 0 amide bonds. The molecule has 1 aromatic heterocycles. The van der Waals surface area contributed by atoms with Crippen LogP contribution in [-0.2, 0) is 0 Å². The number of hydrogen-bond acceptors (Lipinski definition) is 5. The summed E-state index contributed by atoms with van der Waals surface area (Å²) in [5.41, 5.74) is 8.51. The minimum absolute atomic E-state index is 0.439. The summed E-state index contributed by atoms with van der Waals surface area (Å²) in [5, 5.41) is 11.8. The van der Waals surface area contributed by atoms with Gasteiger partial charge in [0.05, 0.1) is 11.2 Å². The number of nitrogen functional groups attached to an aromatic ring is 1. The quantitative estimate of drug-likeness (QED) is 0.435. The molecule has 1 aliphatic rings. The zero-order valence-electron chi connectivity index (χ0n) is 15.4. The highest BCUT2D eigenvalue weighted by molar-refractivity contribution is 9.10. The zero-order chi connectivity index (χ0) is 19.7. The molecule has 1 unspecified atom stereocenters. The molecular weight excluding hydrogens is 484 g/mol. The van der Waals surface area contributed by atoms with Crippen LogP contribution in [0.15, 0.2) is 55.7 Å². The van der Waals surface area contributed by atoms with Crippen LogP contribution in [0, 0.1) is 5.92 Å². The second-order valence-electron chi connectivity index (χ2n) is 7.10. The highest BCUT2D eigenvalue weighted by Crippen LogP contribution is 2.34. The maximum absolute atomic E-state index is 6.21. The molecule has 1 fully saturated rings. The van der Waals surface area contributed by atoms with Crippen molar-refractivity contribution in [2.24, 2.45) is 16.3 Å². The summed E-state index contributed by atoms with van der Waals surface area (Å²) in [7, 11) is 0. The van der Waals surface area contributed by atoms with Crippen molar-refractivity contribution in [2.45, 2.75) is 19.8 Å². The molecule has 0 bridgehead atoms. The van der Waals surface area contributed by atoms with Crippen molar-refractivity contribution in [2.75, 3.05) is 18.8 Å². The molecule has 0 saturated carbocycles. The van der Waals surface area contributed by atoms with Crippen LogP contribution in [0.2, 0.25) is 0 Å². The van der Waals surface area contributed by atoms with Gasteiger partial charge in [-0.2, -0.15) is 0 Å². The van der Waals surface area contributed by atoms with Gasteiger partial charge in [-0.15, -0.1) is 5.11 Å². The molecule has 3 aromatic rings. The van der Waals surface area contributed by atoms with Gasteiger partial charge in [0, 0.05) is 33.0 Å². The van der Waals surface area contributed by atoms with Crippen LogP contribution in [-0.4, -0.2) is 28.1 Å². The average Bonchev–Trinajstić information content (AvgIpc) is 2.67. The molecule has 28 heavy (non-hydrogen) atoms. The van der Waals surface area contributed by atoms with Crippen molar-refractivity contribution in [1.82, 2.24) is 15.0 Å². The maximum atomic E-state index is 6.21. The highest BCUT2D eigenvalue weighted by atomic mass is 79.9. The first-order valence-electron chi connectivity index (χ1n) is 9.19. The van der Waals surface area contributed by atoms with E-state index < -0.39 is 0 Å². The molecule has 2 aromatic carbocycles. The molecule has 8 heteroatoms. The van der Waals surface area contributed by atoms with Crippen LogP contribution < -0.4 is 5.73 Å². The molecule has 0 aliphatic carbocycles. The van der Waals surface area contributed by atoms with Gasteiger partial charge >= 0.3 is 0 Å². The Morgan fingerprint density at radius 1 is 1.11 bits per heavy atom. The number of anilines is 1. The molecule has 2 N–H and O–H groups in total. The van der Waals surface area contributed by atoms with Gasteiger partial charge in [-0.25, -0.2) is 9.97 Å². The van der Waals surface area contributed by atoms with Crippen LogP contribution in [0.1, 0.15) is 19.8 Å². The summed E-state index contributed by atoms with van der Waals surface area (Å²) < 4.78 is 1.86. The number of rotatable bonds is 3. The van der Waals surface area contributed by atoms with Crippen LogP contribution in [0.25, 0.3) is 22.3 Å². The SMILES string of the molecule is CC1CCCN(N=Nc2ccc(Br)cc2-c2nc(N)c3cc(Br)ccc3n2)C1. The van der Waals surface area contributed by atoms with E-state index in [1.54, 1.807) is 0 Å². The Hall–Kier alpha value is -2.06. The minimum atomic E-state index is 0.439. The van der Waals surface area contributed by atoms with Crippen LogP contribution in [0.5, 0.6) is 0 Å². The Bertz CT molecular complexity index is 1050. The van der Waals surface area contributed by atoms with Gasteiger partial charge < -0.3 is 5.73 Å². The number of piperidine rings is 1. The lowest BCUT2D eigenvalue weighted by Crippen LogP contribution is -2.29. The van der Waals surface area contributed by atoms with E-state index in [2.05, 4.69) is 54.1 Å². The minimum Gasteiger partial charge on any atom is -0.383 e. The first-order valence-corrected chi connectivity index (χ1v) is 10.8. The second kappa shape index (κ2) is 8.13. The number of aromatic nitrogens is 2. The van der Waals surface area contributed by atoms with Gasteiger partial charge in [0.1, 0.15) is 5.82 Å². The second-order valence-corrected chi connectivity index (χ2v) is 8.94. The zero-order valence-corrected chi connectivity index (χ0v) is 18.6. The summed E-state index contributed by atoms with van der Waals surface area (Å²) in [4.78, 5) is 9.24. The largest absolute Gasteiger partial charge is 0.383 e. The molecule has 1 atom stereocenters. The number of benzene rings is 2. The van der Waals surface area contributed by atoms with Crippen molar-refractivity contribution in [3.8, 4) is 11.4 Å². The number of nitrogens with two attached hydrogens (primary N) is 1. The number of nitrogens with zero attached hydrogens (tertiary/aromatic N) is 5. The smallest absolute Gasteiger partial charge is 0.164 e. The number of fused-ring (bicyclic) bond motifs is 1. The fourth-order valence-corrected chi connectivity index (χ4v) is 4.10. The predicted molar refractivity (Wildman–Crippen MR) is 119 cm³/mol. The molecule has 0 spiro atoms. The molecule has 1 saturated heterocycles. The molecule has 2 heterocycles.